The Morgan fingerprint density at radius 2 is 1.62 bits per heavy atom. The number of ether oxygens (including phenoxy) is 1. The van der Waals surface area contributed by atoms with Gasteiger partial charge in [0.1, 0.15) is 0 Å². The summed E-state index contributed by atoms with van der Waals surface area (Å²) in [5.74, 6) is -0.451. The molecule has 0 aliphatic carbocycles. The van der Waals surface area contributed by atoms with E-state index in [4.69, 9.17) is 4.74 Å². The second kappa shape index (κ2) is 10.2. The largest absolute Gasteiger partial charge is 0.473 e. The number of amides is 1. The summed E-state index contributed by atoms with van der Waals surface area (Å²) in [5.41, 5.74) is 0.679. The summed E-state index contributed by atoms with van der Waals surface area (Å²) in [6, 6.07) is 0. The van der Waals surface area contributed by atoms with Crippen molar-refractivity contribution in [3.63, 3.8) is 0 Å². The summed E-state index contributed by atoms with van der Waals surface area (Å²) >= 11 is 0. The summed E-state index contributed by atoms with van der Waals surface area (Å²) in [6.45, 7) is 0. The van der Waals surface area contributed by atoms with Crippen LogP contribution >= 0.6 is 0 Å². The van der Waals surface area contributed by atoms with E-state index in [2.05, 4.69) is 15.0 Å². The number of carbonyl (C=O) groups is 1. The predicted molar refractivity (Wildman–Crippen MR) is 95.4 cm³/mol. The summed E-state index contributed by atoms with van der Waals surface area (Å²) in [7, 11) is 0. The number of hydrogen-bond acceptors (Lipinski definition) is 4. The normalized spacial score (nSPS) is 15.4. The molecule has 0 saturated heterocycles. The molecule has 0 bridgehead atoms. The first-order chi connectivity index (χ1) is 11.9. The SMILES string of the molecule is O=C1C=NC=CC=CC=COC=CC=CC=Cn2cncc2C=N1. The highest BCUT2D eigenvalue weighted by Crippen LogP contribution is 1.97. The Labute approximate surface area is 139 Å². The lowest BCUT2D eigenvalue weighted by molar-refractivity contribution is -0.111. The van der Waals surface area contributed by atoms with Crippen LogP contribution in [0.25, 0.3) is 6.20 Å². The molecule has 0 radical (unpaired) electrons. The zero-order chi connectivity index (χ0) is 16.9. The van der Waals surface area contributed by atoms with Gasteiger partial charge in [-0.1, -0.05) is 24.3 Å². The molecule has 1 aromatic heterocycles. The highest BCUT2D eigenvalue weighted by Gasteiger charge is 1.96. The van der Waals surface area contributed by atoms with Crippen LogP contribution in [-0.2, 0) is 9.53 Å². The summed E-state index contributed by atoms with van der Waals surface area (Å²) in [6.07, 6.45) is 26.4. The minimum atomic E-state index is -0.451. The molecule has 0 saturated carbocycles. The van der Waals surface area contributed by atoms with Gasteiger partial charge in [0.25, 0.3) is 5.91 Å². The quantitative estimate of drug-likeness (QED) is 0.738. The van der Waals surface area contributed by atoms with Crippen molar-refractivity contribution >= 4 is 24.5 Å². The average Bonchev–Trinajstić information content (AvgIpc) is 3.03. The van der Waals surface area contributed by atoms with Crippen molar-refractivity contribution in [1.82, 2.24) is 9.55 Å². The van der Waals surface area contributed by atoms with Gasteiger partial charge in [0.05, 0.1) is 43.2 Å². The zero-order valence-corrected chi connectivity index (χ0v) is 12.8. The predicted octanol–water partition coefficient (Wildman–Crippen LogP) is 3.05. The summed E-state index contributed by atoms with van der Waals surface area (Å²) < 4.78 is 6.90. The Morgan fingerprint density at radius 1 is 0.875 bits per heavy atom. The van der Waals surface area contributed by atoms with E-state index in [-0.39, 0.29) is 0 Å². The third-order valence-corrected chi connectivity index (χ3v) is 2.60. The van der Waals surface area contributed by atoms with Gasteiger partial charge in [-0.25, -0.2) is 9.98 Å². The van der Waals surface area contributed by atoms with Crippen LogP contribution in [0.2, 0.25) is 0 Å². The molecule has 2 heterocycles. The van der Waals surface area contributed by atoms with Gasteiger partial charge in [-0.05, 0) is 24.3 Å². The number of allylic oxidation sites excluding steroid dienone is 8. The Morgan fingerprint density at radius 3 is 2.46 bits per heavy atom. The number of fused-ring (bicyclic) bond motifs is 1. The molecule has 0 aromatic carbocycles. The molecule has 1 amide bonds. The van der Waals surface area contributed by atoms with Gasteiger partial charge in [-0.15, -0.1) is 0 Å². The van der Waals surface area contributed by atoms with Crippen molar-refractivity contribution in [2.45, 2.75) is 0 Å². The molecular weight excluding hydrogens is 304 g/mol. The van der Waals surface area contributed by atoms with Crippen LogP contribution in [0.1, 0.15) is 5.69 Å². The molecular formula is C18H16N4O2. The Hall–Kier alpha value is -3.54. The third-order valence-electron chi connectivity index (χ3n) is 2.60. The lowest BCUT2D eigenvalue weighted by Crippen LogP contribution is -1.97. The fourth-order valence-corrected chi connectivity index (χ4v) is 1.53. The fourth-order valence-electron chi connectivity index (χ4n) is 1.53. The van der Waals surface area contributed by atoms with Crippen LogP contribution in [0, 0.1) is 0 Å². The van der Waals surface area contributed by atoms with E-state index < -0.39 is 5.91 Å². The molecule has 1 aliphatic heterocycles. The third kappa shape index (κ3) is 6.48. The molecule has 1 aliphatic rings. The zero-order valence-electron chi connectivity index (χ0n) is 12.8. The molecule has 6 nitrogen and oxygen atoms in total. The topological polar surface area (TPSA) is 68.8 Å². The summed E-state index contributed by atoms with van der Waals surface area (Å²) in [4.78, 5) is 23.3. The van der Waals surface area contributed by atoms with Gasteiger partial charge in [0.15, 0.2) is 0 Å². The smallest absolute Gasteiger partial charge is 0.288 e. The van der Waals surface area contributed by atoms with Crippen molar-refractivity contribution in [2.24, 2.45) is 9.98 Å². The highest BCUT2D eigenvalue weighted by atomic mass is 16.5. The highest BCUT2D eigenvalue weighted by molar-refractivity contribution is 6.28. The second-order valence-electron chi connectivity index (χ2n) is 4.35. The van der Waals surface area contributed by atoms with Crippen LogP contribution < -0.4 is 0 Å². The average molecular weight is 320 g/mol. The monoisotopic (exact) mass is 320 g/mol. The van der Waals surface area contributed by atoms with Gasteiger partial charge < -0.3 is 9.30 Å². The number of hydrogen-bond donors (Lipinski definition) is 0. The number of rotatable bonds is 0. The van der Waals surface area contributed by atoms with E-state index in [1.54, 1.807) is 66.2 Å². The number of carbonyl (C=O) groups excluding carboxylic acids is 1. The lowest BCUT2D eigenvalue weighted by Gasteiger charge is -1.94. The van der Waals surface area contributed by atoms with E-state index in [9.17, 15) is 4.79 Å². The number of aromatic nitrogens is 2. The molecule has 0 N–H and O–H groups in total. The van der Waals surface area contributed by atoms with Crippen molar-refractivity contribution < 1.29 is 9.53 Å². The molecule has 2 rings (SSSR count). The molecule has 0 spiro atoms. The van der Waals surface area contributed by atoms with E-state index >= 15 is 0 Å². The first-order valence-corrected chi connectivity index (χ1v) is 7.13. The second-order valence-corrected chi connectivity index (χ2v) is 4.35. The maximum absolute atomic E-state index is 11.6. The first kappa shape index (κ1) is 16.8. The first-order valence-electron chi connectivity index (χ1n) is 7.13. The number of imidazole rings is 1. The minimum absolute atomic E-state index is 0.451. The maximum Gasteiger partial charge on any atom is 0.288 e. The molecule has 0 unspecified atom stereocenters. The molecule has 0 fully saturated rings. The van der Waals surface area contributed by atoms with E-state index in [1.807, 2.05) is 18.2 Å². The van der Waals surface area contributed by atoms with Crippen molar-refractivity contribution in [1.29, 1.82) is 0 Å². The van der Waals surface area contributed by atoms with E-state index in [0.29, 0.717) is 5.69 Å². The minimum Gasteiger partial charge on any atom is -0.473 e. The fraction of sp³-hybridized carbons (Fsp3) is 0. The summed E-state index contributed by atoms with van der Waals surface area (Å²) in [5, 5.41) is 0. The maximum atomic E-state index is 11.6. The standard InChI is InChI=1S/C18H16N4O2/c23-18-15-19-9-5-1-3-7-11-24-12-8-4-2-6-10-22-16-20-13-17(22)14-21-18/h1-16H. The Bertz CT molecular complexity index is 775. The van der Waals surface area contributed by atoms with Crippen molar-refractivity contribution in [3.8, 4) is 0 Å². The Kier molecular flexibility index (Phi) is 7.17. The molecule has 24 heavy (non-hydrogen) atoms. The van der Waals surface area contributed by atoms with Gasteiger partial charge in [-0.2, -0.15) is 0 Å². The molecule has 0 atom stereocenters. The van der Waals surface area contributed by atoms with Crippen LogP contribution in [0.3, 0.4) is 0 Å². The molecule has 120 valence electrons. The van der Waals surface area contributed by atoms with Crippen molar-refractivity contribution in [2.75, 3.05) is 0 Å². The van der Waals surface area contributed by atoms with E-state index in [1.165, 1.54) is 12.4 Å². The molecule has 6 heteroatoms. The van der Waals surface area contributed by atoms with Gasteiger partial charge in [0, 0.05) is 12.4 Å². The van der Waals surface area contributed by atoms with Gasteiger partial charge in [-0.3, -0.25) is 9.79 Å². The number of nitrogens with zero attached hydrogens (tertiary/aromatic N) is 4. The van der Waals surface area contributed by atoms with E-state index in [0.717, 1.165) is 6.21 Å². The van der Waals surface area contributed by atoms with Crippen LogP contribution in [0.15, 0.2) is 89.8 Å². The molecule has 1 aromatic rings. The lowest BCUT2D eigenvalue weighted by atomic mass is 10.4. The van der Waals surface area contributed by atoms with Crippen LogP contribution in [0.4, 0.5) is 0 Å². The van der Waals surface area contributed by atoms with Gasteiger partial charge in [0.2, 0.25) is 0 Å². The van der Waals surface area contributed by atoms with Crippen molar-refractivity contribution in [3.05, 3.63) is 85.6 Å². The number of aliphatic imine (C=N–C) groups is 2. The van der Waals surface area contributed by atoms with Crippen LogP contribution in [0.5, 0.6) is 0 Å². The van der Waals surface area contributed by atoms with Gasteiger partial charge >= 0.3 is 0 Å². The Balaban J connectivity index is 2.17. The van der Waals surface area contributed by atoms with Crippen LogP contribution in [-0.4, -0.2) is 27.9 Å².